The van der Waals surface area contributed by atoms with Gasteiger partial charge >= 0.3 is 12.2 Å². The Balaban J connectivity index is 0.920. The van der Waals surface area contributed by atoms with Gasteiger partial charge in [-0.05, 0) is 138 Å². The number of benzene rings is 2. The number of carbonyl (C=O) groups is 4. The van der Waals surface area contributed by atoms with Crippen LogP contribution in [0.4, 0.5) is 9.59 Å². The fourth-order valence-electron chi connectivity index (χ4n) is 14.2. The van der Waals surface area contributed by atoms with E-state index < -0.39 is 24.3 Å². The van der Waals surface area contributed by atoms with E-state index in [1.54, 1.807) is 0 Å². The highest BCUT2D eigenvalue weighted by molar-refractivity contribution is 5.88. The fourth-order valence-corrected chi connectivity index (χ4v) is 14.2. The van der Waals surface area contributed by atoms with E-state index in [-0.39, 0.29) is 35.7 Å². The Kier molecular flexibility index (Phi) is 10.4. The Bertz CT molecular complexity index is 2630. The predicted octanol–water partition coefficient (Wildman–Crippen LogP) is 9.20. The summed E-state index contributed by atoms with van der Waals surface area (Å²) in [6, 6.07) is 7.69. The molecule has 14 nitrogen and oxygen atoms in total. The summed E-state index contributed by atoms with van der Waals surface area (Å²) in [6.07, 6.45) is 12.1. The first-order chi connectivity index (χ1) is 31.8. The van der Waals surface area contributed by atoms with Gasteiger partial charge < -0.3 is 39.9 Å². The molecule has 7 aliphatic rings. The molecule has 2 aliphatic heterocycles. The number of rotatable bonds is 11. The summed E-state index contributed by atoms with van der Waals surface area (Å²) in [7, 11) is 2.64. The van der Waals surface area contributed by atoms with Gasteiger partial charge in [-0.1, -0.05) is 58.9 Å². The zero-order valence-corrected chi connectivity index (χ0v) is 39.3. The molecule has 4 aromatic rings. The average molecular weight is 897 g/mol. The highest BCUT2D eigenvalue weighted by atomic mass is 16.5. The second kappa shape index (κ2) is 16.0. The van der Waals surface area contributed by atoms with Crippen molar-refractivity contribution in [2.45, 2.75) is 140 Å². The Hall–Kier alpha value is -5.66. The van der Waals surface area contributed by atoms with E-state index in [0.717, 1.165) is 48.7 Å². The number of carbonyl (C=O) groups excluding carboxylic acids is 4. The van der Waals surface area contributed by atoms with Gasteiger partial charge in [0.25, 0.3) is 0 Å². The van der Waals surface area contributed by atoms with Crippen LogP contribution in [0.3, 0.4) is 0 Å². The van der Waals surface area contributed by atoms with Gasteiger partial charge in [-0.2, -0.15) is 0 Å². The third kappa shape index (κ3) is 6.53. The van der Waals surface area contributed by atoms with Crippen LogP contribution in [0.15, 0.2) is 36.7 Å². The zero-order valence-electron chi connectivity index (χ0n) is 39.3. The van der Waals surface area contributed by atoms with Crippen LogP contribution < -0.4 is 10.6 Å². The Labute approximate surface area is 386 Å². The first-order valence-corrected chi connectivity index (χ1v) is 24.5. The molecule has 0 spiro atoms. The smallest absolute Gasteiger partial charge is 0.407 e. The summed E-state index contributed by atoms with van der Waals surface area (Å²) in [5.74, 6) is 3.91. The number of alkyl carbamates (subject to hydrolysis) is 2. The molecular formula is C52H64N8O6. The van der Waals surface area contributed by atoms with Crippen molar-refractivity contribution >= 4 is 24.0 Å². The maximum atomic E-state index is 14.0. The van der Waals surface area contributed by atoms with E-state index in [4.69, 9.17) is 19.4 Å². The van der Waals surface area contributed by atoms with Crippen LogP contribution in [0.5, 0.6) is 0 Å². The number of hydrogen-bond acceptors (Lipinski definition) is 8. The topological polar surface area (TPSA) is 175 Å². The van der Waals surface area contributed by atoms with Crippen molar-refractivity contribution in [2.24, 2.45) is 23.2 Å². The van der Waals surface area contributed by atoms with Gasteiger partial charge in [0.15, 0.2) is 0 Å². The lowest BCUT2D eigenvalue weighted by molar-refractivity contribution is -0.136. The molecule has 66 heavy (non-hydrogen) atoms. The van der Waals surface area contributed by atoms with Crippen LogP contribution in [0.2, 0.25) is 0 Å². The molecule has 4 heterocycles. The molecule has 5 aliphatic carbocycles. The second-order valence-corrected chi connectivity index (χ2v) is 21.4. The molecule has 3 saturated carbocycles. The monoisotopic (exact) mass is 896 g/mol. The van der Waals surface area contributed by atoms with Crippen molar-refractivity contribution in [3.8, 4) is 33.6 Å². The van der Waals surface area contributed by atoms with E-state index in [9.17, 15) is 19.2 Å². The molecule has 2 aromatic heterocycles. The van der Waals surface area contributed by atoms with E-state index in [0.29, 0.717) is 48.1 Å². The van der Waals surface area contributed by atoms with Gasteiger partial charge in [0, 0.05) is 24.2 Å². The van der Waals surface area contributed by atoms with Crippen molar-refractivity contribution in [2.75, 3.05) is 27.3 Å². The molecule has 2 aromatic carbocycles. The highest BCUT2D eigenvalue weighted by Gasteiger charge is 2.68. The van der Waals surface area contributed by atoms with E-state index in [1.807, 2.05) is 49.9 Å². The number of aromatic amines is 2. The van der Waals surface area contributed by atoms with Crippen molar-refractivity contribution in [3.63, 3.8) is 0 Å². The van der Waals surface area contributed by atoms with Gasteiger partial charge in [-0.25, -0.2) is 19.6 Å². The van der Waals surface area contributed by atoms with Crippen LogP contribution in [0, 0.1) is 23.2 Å². The summed E-state index contributed by atoms with van der Waals surface area (Å²) in [5.41, 5.74) is 13.6. The SMILES string of the molecule is COC(=O)NC(C(=O)N1CCC[C@H]1c1ncc(-c2ccc(-c3ccc(-c4cnc([C@@H]5CCCN5C(=O)[C@@H](NC(=O)OC)C(C)C)[nH]4)c4c3C3CC5(C)CC4C35)c3c2C2CCC3C2)[nH]1)C(C)C. The quantitative estimate of drug-likeness (QED) is 0.115. The summed E-state index contributed by atoms with van der Waals surface area (Å²) < 4.78 is 9.71. The van der Waals surface area contributed by atoms with Crippen molar-refractivity contribution < 1.29 is 28.7 Å². The number of nitrogens with zero attached hydrogens (tertiary/aromatic N) is 4. The molecule has 10 atom stereocenters. The number of methoxy groups -OCH3 is 2. The third-order valence-corrected chi connectivity index (χ3v) is 17.2. The number of amides is 4. The number of nitrogens with one attached hydrogen (secondary N) is 4. The fraction of sp³-hybridized carbons (Fsp3) is 0.577. The average Bonchev–Trinajstić information content (AvgIpc) is 4.17. The van der Waals surface area contributed by atoms with Crippen LogP contribution in [0.25, 0.3) is 33.6 Å². The number of hydrogen-bond donors (Lipinski definition) is 4. The standard InChI is InChI=1S/C52H64N8O6/c1-25(2)44(57-50(63)65-6)48(61)59-18-8-10-37(59)46-53-23-35(55-46)31-16-14-29(39-27-12-13-28(20-27)40(31)39)30-15-17-32(42-34-22-52(5)21-33(41(30)42)43(34)52)36-24-54-47(56-36)38-11-9-19-60(38)49(62)45(26(3)4)58-51(64)66-7/h14-17,23-28,33-34,37-38,43-45H,8-13,18-22H2,1-7H3,(H,53,55)(H,54,56)(H,57,63)(H,58,64)/t27?,28?,33?,34?,37-,38-,43?,44?,45-,52?/m0/s1. The first-order valence-electron chi connectivity index (χ1n) is 24.5. The number of aromatic nitrogens is 4. The summed E-state index contributed by atoms with van der Waals surface area (Å²) in [5, 5.41) is 5.54. The van der Waals surface area contributed by atoms with Crippen LogP contribution in [0.1, 0.15) is 162 Å². The minimum absolute atomic E-state index is 0.101. The van der Waals surface area contributed by atoms with Crippen molar-refractivity contribution in [1.82, 2.24) is 40.4 Å². The highest BCUT2D eigenvalue weighted by Crippen LogP contribution is 2.79. The second-order valence-electron chi connectivity index (χ2n) is 21.4. The van der Waals surface area contributed by atoms with E-state index in [1.165, 1.54) is 90.8 Å². The predicted molar refractivity (Wildman–Crippen MR) is 248 cm³/mol. The molecule has 2 saturated heterocycles. The molecule has 11 rings (SSSR count). The number of H-pyrrole nitrogens is 2. The lowest BCUT2D eigenvalue weighted by atomic mass is 9.41. The zero-order chi connectivity index (χ0) is 45.9. The lowest BCUT2D eigenvalue weighted by Gasteiger charge is -2.62. The minimum atomic E-state index is -0.684. The van der Waals surface area contributed by atoms with Gasteiger partial charge in [-0.15, -0.1) is 0 Å². The largest absolute Gasteiger partial charge is 0.453 e. The van der Waals surface area contributed by atoms with Crippen LogP contribution in [-0.2, 0) is 19.1 Å². The molecule has 2 bridgehead atoms. The number of likely N-dealkylation sites (tertiary alicyclic amines) is 2. The lowest BCUT2D eigenvalue weighted by Crippen LogP contribution is -2.53. The summed E-state index contributed by atoms with van der Waals surface area (Å²) in [6.45, 7) is 11.5. The number of imidazole rings is 2. The van der Waals surface area contributed by atoms with Crippen molar-refractivity contribution in [1.29, 1.82) is 0 Å². The molecule has 5 fully saturated rings. The molecule has 0 radical (unpaired) electrons. The summed E-state index contributed by atoms with van der Waals surface area (Å²) in [4.78, 5) is 73.4. The number of fused-ring (bicyclic) bond motifs is 8. The molecule has 348 valence electrons. The minimum Gasteiger partial charge on any atom is -0.453 e. The van der Waals surface area contributed by atoms with Gasteiger partial charge in [-0.3, -0.25) is 9.59 Å². The van der Waals surface area contributed by atoms with Gasteiger partial charge in [0.2, 0.25) is 11.8 Å². The summed E-state index contributed by atoms with van der Waals surface area (Å²) >= 11 is 0. The Morgan fingerprint density at radius 3 is 1.53 bits per heavy atom. The molecule has 4 N–H and O–H groups in total. The van der Waals surface area contributed by atoms with Gasteiger partial charge in [0.05, 0.1) is 50.1 Å². The van der Waals surface area contributed by atoms with Crippen molar-refractivity contribution in [3.05, 3.63) is 70.6 Å². The molecular weight excluding hydrogens is 833 g/mol. The molecule has 14 heteroatoms. The maximum Gasteiger partial charge on any atom is 0.407 e. The molecule has 4 amide bonds. The Morgan fingerprint density at radius 1 is 0.652 bits per heavy atom. The maximum absolute atomic E-state index is 14.0. The van der Waals surface area contributed by atoms with Crippen LogP contribution >= 0.6 is 0 Å². The number of ether oxygens (including phenoxy) is 2. The van der Waals surface area contributed by atoms with Crippen LogP contribution in [-0.4, -0.2) is 93.1 Å². The normalized spacial score (nSPS) is 28.4. The molecule has 7 unspecified atom stereocenters. The van der Waals surface area contributed by atoms with E-state index in [2.05, 4.69) is 51.8 Å². The third-order valence-electron chi connectivity index (χ3n) is 17.2. The van der Waals surface area contributed by atoms with E-state index >= 15 is 0 Å². The van der Waals surface area contributed by atoms with Gasteiger partial charge in [0.1, 0.15) is 23.7 Å². The first kappa shape index (κ1) is 42.9. The Morgan fingerprint density at radius 2 is 1.08 bits per heavy atom.